The molecule has 1 N–H and O–H groups in total. The lowest BCUT2D eigenvalue weighted by Crippen LogP contribution is -2.08. The van der Waals surface area contributed by atoms with Crippen molar-refractivity contribution in [2.75, 3.05) is 0 Å². The molecule has 0 heterocycles. The van der Waals surface area contributed by atoms with Crippen molar-refractivity contribution in [3.05, 3.63) is 28.8 Å². The van der Waals surface area contributed by atoms with Crippen LogP contribution in [0.1, 0.15) is 48.3 Å². The zero-order valence-corrected chi connectivity index (χ0v) is 10.2. The van der Waals surface area contributed by atoms with Gasteiger partial charge >= 0.3 is 0 Å². The molecule has 3 atom stereocenters. The SMILES string of the molecule is Cc1cc([C@H]2C[C@@H]3CC[C@@H]2C3)cc(C)c1O. The Bertz CT molecular complexity index is 398. The molecule has 2 aliphatic carbocycles. The Morgan fingerprint density at radius 2 is 1.75 bits per heavy atom. The van der Waals surface area contributed by atoms with Gasteiger partial charge in [0.15, 0.2) is 0 Å². The second kappa shape index (κ2) is 3.51. The van der Waals surface area contributed by atoms with Crippen molar-refractivity contribution in [3.63, 3.8) is 0 Å². The summed E-state index contributed by atoms with van der Waals surface area (Å²) in [5.41, 5.74) is 3.55. The van der Waals surface area contributed by atoms with Gasteiger partial charge in [0.2, 0.25) is 0 Å². The summed E-state index contributed by atoms with van der Waals surface area (Å²) in [6.07, 6.45) is 5.71. The van der Waals surface area contributed by atoms with E-state index in [0.29, 0.717) is 5.75 Å². The lowest BCUT2D eigenvalue weighted by molar-refractivity contribution is 0.418. The van der Waals surface area contributed by atoms with Crippen LogP contribution in [0.15, 0.2) is 12.1 Å². The van der Waals surface area contributed by atoms with Crippen molar-refractivity contribution in [1.29, 1.82) is 0 Å². The van der Waals surface area contributed by atoms with Crippen LogP contribution in [-0.2, 0) is 0 Å². The van der Waals surface area contributed by atoms with Crippen LogP contribution >= 0.6 is 0 Å². The number of benzene rings is 1. The van der Waals surface area contributed by atoms with Crippen LogP contribution in [0.3, 0.4) is 0 Å². The molecule has 2 saturated carbocycles. The van der Waals surface area contributed by atoms with Crippen LogP contribution in [0, 0.1) is 25.7 Å². The Balaban J connectivity index is 1.95. The number of aryl methyl sites for hydroxylation is 2. The Morgan fingerprint density at radius 1 is 1.06 bits per heavy atom. The molecule has 1 nitrogen and oxygen atoms in total. The van der Waals surface area contributed by atoms with Gasteiger partial charge in [0.25, 0.3) is 0 Å². The topological polar surface area (TPSA) is 20.2 Å². The molecule has 2 aliphatic rings. The first kappa shape index (κ1) is 10.2. The smallest absolute Gasteiger partial charge is 0.121 e. The Kier molecular flexibility index (Phi) is 2.24. The summed E-state index contributed by atoms with van der Waals surface area (Å²) < 4.78 is 0. The van der Waals surface area contributed by atoms with Gasteiger partial charge in [0.05, 0.1) is 0 Å². The van der Waals surface area contributed by atoms with Crippen molar-refractivity contribution in [1.82, 2.24) is 0 Å². The Labute approximate surface area is 97.5 Å². The van der Waals surface area contributed by atoms with E-state index < -0.39 is 0 Å². The molecule has 1 heteroatoms. The van der Waals surface area contributed by atoms with Crippen molar-refractivity contribution < 1.29 is 5.11 Å². The van der Waals surface area contributed by atoms with E-state index in [1.54, 1.807) is 0 Å². The molecule has 2 fully saturated rings. The number of fused-ring (bicyclic) bond motifs is 2. The number of hydrogen-bond acceptors (Lipinski definition) is 1. The first-order valence-corrected chi connectivity index (χ1v) is 6.45. The number of phenols is 1. The van der Waals surface area contributed by atoms with Crippen molar-refractivity contribution >= 4 is 0 Å². The van der Waals surface area contributed by atoms with E-state index in [0.717, 1.165) is 28.9 Å². The van der Waals surface area contributed by atoms with E-state index in [2.05, 4.69) is 12.1 Å². The zero-order chi connectivity index (χ0) is 11.3. The molecule has 2 bridgehead atoms. The van der Waals surface area contributed by atoms with Gasteiger partial charge in [-0.15, -0.1) is 0 Å². The average molecular weight is 216 g/mol. The highest BCUT2D eigenvalue weighted by Gasteiger charge is 2.40. The Hall–Kier alpha value is -0.980. The number of rotatable bonds is 1. The van der Waals surface area contributed by atoms with Crippen LogP contribution in [0.2, 0.25) is 0 Å². The molecule has 0 radical (unpaired) electrons. The van der Waals surface area contributed by atoms with E-state index in [-0.39, 0.29) is 0 Å². The van der Waals surface area contributed by atoms with E-state index in [9.17, 15) is 5.11 Å². The minimum Gasteiger partial charge on any atom is -0.507 e. The molecule has 3 rings (SSSR count). The number of hydrogen-bond donors (Lipinski definition) is 1. The molecule has 0 aliphatic heterocycles. The quantitative estimate of drug-likeness (QED) is 0.754. The number of phenolic OH excluding ortho intramolecular Hbond substituents is 1. The molecule has 0 amide bonds. The van der Waals surface area contributed by atoms with Crippen molar-refractivity contribution in [2.24, 2.45) is 11.8 Å². The van der Waals surface area contributed by atoms with E-state index in [4.69, 9.17) is 0 Å². The molecular formula is C15H20O. The molecule has 0 unspecified atom stereocenters. The summed E-state index contributed by atoms with van der Waals surface area (Å²) in [4.78, 5) is 0. The first-order valence-electron chi connectivity index (χ1n) is 6.45. The van der Waals surface area contributed by atoms with Gasteiger partial charge in [0, 0.05) is 0 Å². The minimum absolute atomic E-state index is 0.479. The van der Waals surface area contributed by atoms with Gasteiger partial charge < -0.3 is 5.11 Å². The molecule has 0 saturated heterocycles. The summed E-state index contributed by atoms with van der Waals surface area (Å²) >= 11 is 0. The van der Waals surface area contributed by atoms with Gasteiger partial charge in [-0.25, -0.2) is 0 Å². The molecule has 16 heavy (non-hydrogen) atoms. The molecular weight excluding hydrogens is 196 g/mol. The van der Waals surface area contributed by atoms with Crippen molar-refractivity contribution in [2.45, 2.75) is 45.4 Å². The van der Waals surface area contributed by atoms with E-state index in [1.807, 2.05) is 13.8 Å². The zero-order valence-electron chi connectivity index (χ0n) is 10.2. The lowest BCUT2D eigenvalue weighted by Gasteiger charge is -2.23. The van der Waals surface area contributed by atoms with Crippen LogP contribution < -0.4 is 0 Å². The third-order valence-electron chi connectivity index (χ3n) is 4.68. The standard InChI is InChI=1S/C15H20O/c1-9-5-13(6-10(2)15(9)16)14-8-11-3-4-12(14)7-11/h5-6,11-12,14,16H,3-4,7-8H2,1-2H3/t11-,12-,14+/m1/s1. The van der Waals surface area contributed by atoms with Gasteiger partial charge in [0.1, 0.15) is 5.75 Å². The minimum atomic E-state index is 0.479. The third-order valence-corrected chi connectivity index (χ3v) is 4.68. The Morgan fingerprint density at radius 3 is 2.25 bits per heavy atom. The largest absolute Gasteiger partial charge is 0.507 e. The fourth-order valence-corrected chi connectivity index (χ4v) is 3.86. The highest BCUT2D eigenvalue weighted by atomic mass is 16.3. The second-order valence-electron chi connectivity index (χ2n) is 5.78. The van der Waals surface area contributed by atoms with Gasteiger partial charge in [-0.3, -0.25) is 0 Å². The van der Waals surface area contributed by atoms with Crippen LogP contribution in [0.4, 0.5) is 0 Å². The predicted octanol–water partition coefficient (Wildman–Crippen LogP) is 3.91. The average Bonchev–Trinajstić information content (AvgIpc) is 2.86. The van der Waals surface area contributed by atoms with E-state index >= 15 is 0 Å². The summed E-state index contributed by atoms with van der Waals surface area (Å²) in [5.74, 6) is 3.17. The van der Waals surface area contributed by atoms with Gasteiger partial charge in [-0.2, -0.15) is 0 Å². The summed E-state index contributed by atoms with van der Waals surface area (Å²) in [7, 11) is 0. The summed E-state index contributed by atoms with van der Waals surface area (Å²) in [6.45, 7) is 4.03. The van der Waals surface area contributed by atoms with Gasteiger partial charge in [-0.1, -0.05) is 18.6 Å². The maximum atomic E-state index is 9.81. The normalized spacial score (nSPS) is 32.2. The summed E-state index contributed by atoms with van der Waals surface area (Å²) in [6, 6.07) is 4.40. The van der Waals surface area contributed by atoms with Crippen molar-refractivity contribution in [3.8, 4) is 5.75 Å². The molecule has 0 aromatic heterocycles. The van der Waals surface area contributed by atoms with Crippen LogP contribution in [0.5, 0.6) is 5.75 Å². The third kappa shape index (κ3) is 1.45. The fourth-order valence-electron chi connectivity index (χ4n) is 3.86. The molecule has 86 valence electrons. The van der Waals surface area contributed by atoms with Gasteiger partial charge in [-0.05, 0) is 67.6 Å². The predicted molar refractivity (Wildman–Crippen MR) is 65.8 cm³/mol. The first-order chi connectivity index (χ1) is 7.65. The molecule has 0 spiro atoms. The lowest BCUT2D eigenvalue weighted by atomic mass is 9.82. The maximum Gasteiger partial charge on any atom is 0.121 e. The molecule has 1 aromatic rings. The van der Waals surface area contributed by atoms with Crippen LogP contribution in [0.25, 0.3) is 0 Å². The number of aromatic hydroxyl groups is 1. The van der Waals surface area contributed by atoms with E-state index in [1.165, 1.54) is 31.2 Å². The highest BCUT2D eigenvalue weighted by molar-refractivity contribution is 5.43. The monoisotopic (exact) mass is 216 g/mol. The highest BCUT2D eigenvalue weighted by Crippen LogP contribution is 2.53. The maximum absolute atomic E-state index is 9.81. The molecule has 1 aromatic carbocycles. The van der Waals surface area contributed by atoms with Crippen LogP contribution in [-0.4, -0.2) is 5.11 Å². The fraction of sp³-hybridized carbons (Fsp3) is 0.600. The second-order valence-corrected chi connectivity index (χ2v) is 5.78. The summed E-state index contributed by atoms with van der Waals surface area (Å²) in [5, 5.41) is 9.81.